The van der Waals surface area contributed by atoms with Crippen LogP contribution in [0.15, 0.2) is 91.0 Å². The third kappa shape index (κ3) is 5.47. The Balaban J connectivity index is 1.46. The first-order chi connectivity index (χ1) is 16.1. The number of nitrogens with one attached hydrogen (secondary N) is 2. The second kappa shape index (κ2) is 10.1. The summed E-state index contributed by atoms with van der Waals surface area (Å²) in [5, 5.41) is 5.72. The van der Waals surface area contributed by atoms with Gasteiger partial charge in [0.25, 0.3) is 5.91 Å². The van der Waals surface area contributed by atoms with E-state index in [1.54, 1.807) is 0 Å². The average molecular weight is 442 g/mol. The Bertz CT molecular complexity index is 1060. The van der Waals surface area contributed by atoms with Crippen LogP contribution >= 0.6 is 0 Å². The van der Waals surface area contributed by atoms with Crippen molar-refractivity contribution in [3.8, 4) is 0 Å². The van der Waals surface area contributed by atoms with Crippen LogP contribution in [0, 0.1) is 0 Å². The number of carbonyl (C=O) groups excluding carboxylic acids is 3. The van der Waals surface area contributed by atoms with Crippen molar-refractivity contribution in [1.82, 2.24) is 15.5 Å². The maximum atomic E-state index is 13.5. The van der Waals surface area contributed by atoms with Crippen molar-refractivity contribution in [3.63, 3.8) is 0 Å². The van der Waals surface area contributed by atoms with Gasteiger partial charge in [-0.1, -0.05) is 91.0 Å². The van der Waals surface area contributed by atoms with Gasteiger partial charge in [0.15, 0.2) is 0 Å². The highest BCUT2D eigenvalue weighted by Crippen LogP contribution is 2.27. The Morgan fingerprint density at radius 3 is 1.76 bits per heavy atom. The van der Waals surface area contributed by atoms with Gasteiger partial charge in [-0.2, -0.15) is 0 Å². The normalized spacial score (nSPS) is 14.7. The lowest BCUT2D eigenvalue weighted by molar-refractivity contribution is -0.135. The van der Waals surface area contributed by atoms with Gasteiger partial charge in [0.05, 0.1) is 0 Å². The van der Waals surface area contributed by atoms with Crippen molar-refractivity contribution in [2.24, 2.45) is 0 Å². The Kier molecular flexibility index (Phi) is 6.83. The highest BCUT2D eigenvalue weighted by Gasteiger charge is 2.51. The highest BCUT2D eigenvalue weighted by atomic mass is 16.2. The summed E-state index contributed by atoms with van der Waals surface area (Å²) in [6.07, 6.45) is 1.37. The third-order valence-corrected chi connectivity index (χ3v) is 5.82. The fourth-order valence-electron chi connectivity index (χ4n) is 4.20. The molecule has 0 bridgehead atoms. The molecule has 3 aromatic carbocycles. The molecule has 0 unspecified atom stereocenters. The first kappa shape index (κ1) is 22.3. The third-order valence-electron chi connectivity index (χ3n) is 5.82. The molecule has 6 heteroatoms. The van der Waals surface area contributed by atoms with E-state index in [-0.39, 0.29) is 18.4 Å². The maximum Gasteiger partial charge on any atom is 0.325 e. The van der Waals surface area contributed by atoms with Crippen LogP contribution in [0.3, 0.4) is 0 Å². The Labute approximate surface area is 193 Å². The van der Waals surface area contributed by atoms with E-state index in [1.807, 2.05) is 91.0 Å². The van der Waals surface area contributed by atoms with E-state index < -0.39 is 11.6 Å². The minimum absolute atomic E-state index is 0.301. The van der Waals surface area contributed by atoms with Crippen molar-refractivity contribution in [1.29, 1.82) is 0 Å². The van der Waals surface area contributed by atoms with Gasteiger partial charge in [0.2, 0.25) is 5.91 Å². The van der Waals surface area contributed by atoms with Gasteiger partial charge in [-0.05, 0) is 23.1 Å². The number of rotatable bonds is 9. The van der Waals surface area contributed by atoms with E-state index in [2.05, 4.69) is 10.6 Å². The summed E-state index contributed by atoms with van der Waals surface area (Å²) in [5.41, 5.74) is 1.86. The Morgan fingerprint density at radius 1 is 0.758 bits per heavy atom. The summed E-state index contributed by atoms with van der Waals surface area (Å²) >= 11 is 0. The molecular weight excluding hydrogens is 414 g/mol. The second-order valence-electron chi connectivity index (χ2n) is 8.31. The van der Waals surface area contributed by atoms with E-state index in [9.17, 15) is 14.4 Å². The molecule has 0 spiro atoms. The van der Waals surface area contributed by atoms with Crippen LogP contribution in [0.4, 0.5) is 4.79 Å². The van der Waals surface area contributed by atoms with Crippen LogP contribution in [-0.2, 0) is 28.9 Å². The molecule has 33 heavy (non-hydrogen) atoms. The van der Waals surface area contributed by atoms with E-state index in [4.69, 9.17) is 0 Å². The minimum atomic E-state index is -1.13. The number of hydrogen-bond donors (Lipinski definition) is 2. The van der Waals surface area contributed by atoms with Gasteiger partial charge in [0, 0.05) is 19.4 Å². The van der Waals surface area contributed by atoms with Gasteiger partial charge in [-0.25, -0.2) is 4.79 Å². The molecule has 2 N–H and O–H groups in total. The van der Waals surface area contributed by atoms with Crippen molar-refractivity contribution in [2.75, 3.05) is 13.1 Å². The summed E-state index contributed by atoms with van der Waals surface area (Å²) < 4.78 is 0. The minimum Gasteiger partial charge on any atom is -0.354 e. The smallest absolute Gasteiger partial charge is 0.325 e. The molecule has 1 saturated heterocycles. The number of benzene rings is 3. The number of imide groups is 1. The molecule has 6 nitrogen and oxygen atoms in total. The largest absolute Gasteiger partial charge is 0.354 e. The monoisotopic (exact) mass is 441 g/mol. The molecule has 0 aliphatic carbocycles. The summed E-state index contributed by atoms with van der Waals surface area (Å²) in [7, 11) is 0. The summed E-state index contributed by atoms with van der Waals surface area (Å²) in [5.74, 6) is -0.733. The van der Waals surface area contributed by atoms with Crippen molar-refractivity contribution in [2.45, 2.75) is 24.8 Å². The molecular formula is C27H27N3O3. The molecule has 0 aromatic heterocycles. The molecule has 4 amide bonds. The van der Waals surface area contributed by atoms with Crippen LogP contribution in [0.25, 0.3) is 0 Å². The number of urea groups is 1. The molecule has 0 saturated carbocycles. The number of amides is 4. The molecule has 4 rings (SSSR count). The van der Waals surface area contributed by atoms with Crippen molar-refractivity contribution in [3.05, 3.63) is 108 Å². The summed E-state index contributed by atoms with van der Waals surface area (Å²) in [6, 6.07) is 28.5. The summed E-state index contributed by atoms with van der Waals surface area (Å²) in [6.45, 7) is 0.135. The van der Waals surface area contributed by atoms with Gasteiger partial charge in [-0.15, -0.1) is 0 Å². The lowest BCUT2D eigenvalue weighted by Gasteiger charge is -2.27. The Hall–Kier alpha value is -3.93. The topological polar surface area (TPSA) is 78.5 Å². The van der Waals surface area contributed by atoms with Gasteiger partial charge >= 0.3 is 6.03 Å². The first-order valence-corrected chi connectivity index (χ1v) is 11.1. The lowest BCUT2D eigenvalue weighted by Crippen LogP contribution is -2.51. The molecule has 0 radical (unpaired) electrons. The molecule has 1 heterocycles. The standard InChI is InChI=1S/C27H27N3O3/c31-24(28-17-16-21-10-4-1-5-11-21)20-30-25(32)27(29-26(30)33,18-22-12-6-2-7-13-22)19-23-14-8-3-9-15-23/h1-15H,16-20H2,(H,28,31)(H,29,33). The number of nitrogens with zero attached hydrogens (tertiary/aromatic N) is 1. The van der Waals surface area contributed by atoms with Gasteiger partial charge < -0.3 is 10.6 Å². The lowest BCUT2D eigenvalue weighted by atomic mass is 9.84. The predicted octanol–water partition coefficient (Wildman–Crippen LogP) is 3.12. The van der Waals surface area contributed by atoms with Crippen molar-refractivity contribution < 1.29 is 14.4 Å². The van der Waals surface area contributed by atoms with E-state index in [0.29, 0.717) is 25.8 Å². The predicted molar refractivity (Wildman–Crippen MR) is 126 cm³/mol. The highest BCUT2D eigenvalue weighted by molar-refractivity contribution is 6.09. The van der Waals surface area contributed by atoms with E-state index in [0.717, 1.165) is 21.6 Å². The fourth-order valence-corrected chi connectivity index (χ4v) is 4.20. The first-order valence-electron chi connectivity index (χ1n) is 11.1. The van der Waals surface area contributed by atoms with Gasteiger partial charge in [-0.3, -0.25) is 14.5 Å². The van der Waals surface area contributed by atoms with Gasteiger partial charge in [0.1, 0.15) is 12.1 Å². The van der Waals surface area contributed by atoms with Crippen LogP contribution in [0.5, 0.6) is 0 Å². The fraction of sp³-hybridized carbons (Fsp3) is 0.222. The molecule has 1 aliphatic rings. The zero-order valence-corrected chi connectivity index (χ0v) is 18.4. The zero-order valence-electron chi connectivity index (χ0n) is 18.4. The van der Waals surface area contributed by atoms with Crippen LogP contribution in [0.2, 0.25) is 0 Å². The molecule has 0 atom stereocenters. The average Bonchev–Trinajstić information content (AvgIpc) is 3.05. The van der Waals surface area contributed by atoms with E-state index in [1.165, 1.54) is 0 Å². The summed E-state index contributed by atoms with van der Waals surface area (Å²) in [4.78, 5) is 39.9. The van der Waals surface area contributed by atoms with E-state index >= 15 is 0 Å². The van der Waals surface area contributed by atoms with Crippen LogP contribution < -0.4 is 10.6 Å². The number of hydrogen-bond acceptors (Lipinski definition) is 3. The molecule has 168 valence electrons. The quantitative estimate of drug-likeness (QED) is 0.501. The van der Waals surface area contributed by atoms with Crippen LogP contribution in [0.1, 0.15) is 16.7 Å². The Morgan fingerprint density at radius 2 is 1.24 bits per heavy atom. The van der Waals surface area contributed by atoms with Crippen LogP contribution in [-0.4, -0.2) is 41.4 Å². The second-order valence-corrected chi connectivity index (χ2v) is 8.31. The molecule has 1 fully saturated rings. The SMILES string of the molecule is O=C(CN1C(=O)NC(Cc2ccccc2)(Cc2ccccc2)C1=O)NCCc1ccccc1. The van der Waals surface area contributed by atoms with Crippen molar-refractivity contribution >= 4 is 17.8 Å². The number of carbonyl (C=O) groups is 3. The maximum absolute atomic E-state index is 13.5. The molecule has 1 aliphatic heterocycles. The zero-order chi connectivity index (χ0) is 23.1. The molecule has 3 aromatic rings.